The number of sulfonamides is 2. The van der Waals surface area contributed by atoms with E-state index in [1.807, 2.05) is 37.1 Å². The van der Waals surface area contributed by atoms with Gasteiger partial charge in [0.15, 0.2) is 0 Å². The average molecular weight is 1080 g/mol. The topological polar surface area (TPSA) is 271 Å². The molecule has 21 nitrogen and oxygen atoms in total. The fourth-order valence-corrected chi connectivity index (χ4v) is 11.4. The summed E-state index contributed by atoms with van der Waals surface area (Å²) < 4.78 is 70.4. The Kier molecular flexibility index (Phi) is 19.6. The number of ether oxygens (including phenoxy) is 3. The van der Waals surface area contributed by atoms with E-state index in [4.69, 9.17) is 24.4 Å². The lowest BCUT2D eigenvalue weighted by Gasteiger charge is -2.36. The van der Waals surface area contributed by atoms with E-state index < -0.39 is 32.0 Å². The predicted octanol–water partition coefficient (Wildman–Crippen LogP) is 4.06. The van der Waals surface area contributed by atoms with Gasteiger partial charge in [-0.3, -0.25) is 19.0 Å². The highest BCUT2D eigenvalue weighted by molar-refractivity contribution is 7.89. The molecule has 2 spiro atoms. The van der Waals surface area contributed by atoms with Gasteiger partial charge in [0.1, 0.15) is 0 Å². The van der Waals surface area contributed by atoms with Crippen LogP contribution in [-0.4, -0.2) is 160 Å². The van der Waals surface area contributed by atoms with E-state index in [2.05, 4.69) is 15.7 Å². The number of esters is 1. The molecule has 0 aliphatic carbocycles. The van der Waals surface area contributed by atoms with Gasteiger partial charge in [0.2, 0.25) is 20.0 Å². The summed E-state index contributed by atoms with van der Waals surface area (Å²) in [6.07, 6.45) is 6.72. The smallest absolute Gasteiger partial charge is 0.338 e. The molecule has 2 amide bonds. The van der Waals surface area contributed by atoms with Crippen LogP contribution in [0.1, 0.15) is 118 Å². The standard InChI is InChI=1S/C26H36N4O6S.C17H27N3O3.C9H11NO4S/c1-5-21-23-22(14-26(17-27-24(23)31)10-12-35-13-11-26)30(28-21)15-18(2)16-36-25(32)19-6-8-20(9-7-19)37(33,34)29(3)4;1-3-13-15-14(20(19-13)9-12(2)10-21)8-17(11-18-16(15)22)4-6-23-7-5-17;1-10(2)15(13,14)8-5-3-7(4-6-8)9(11)12/h6-9,18H,5,10-17H2,1-4H3,(H,27,31);12,21H,3-11H2,1-2H3,(H,18,22);3-6H,1-2H3,(H,11,12)/t18-;12-;/m11./s1. The van der Waals surface area contributed by atoms with E-state index in [1.54, 1.807) is 0 Å². The second-order valence-electron chi connectivity index (χ2n) is 20.5. The molecule has 4 aliphatic rings. The van der Waals surface area contributed by atoms with Crippen LogP contribution in [0.15, 0.2) is 58.3 Å². The molecule has 4 aliphatic heterocycles. The Bertz CT molecular complexity index is 2870. The number of aryl methyl sites for hydroxylation is 2. The molecule has 2 aromatic carbocycles. The number of fused-ring (bicyclic) bond motifs is 2. The van der Waals surface area contributed by atoms with Gasteiger partial charge < -0.3 is 35.1 Å². The highest BCUT2D eigenvalue weighted by atomic mass is 32.2. The van der Waals surface area contributed by atoms with Crippen LogP contribution in [0.25, 0.3) is 0 Å². The Morgan fingerprint density at radius 1 is 0.680 bits per heavy atom. The van der Waals surface area contributed by atoms with Crippen LogP contribution >= 0.6 is 0 Å². The lowest BCUT2D eigenvalue weighted by molar-refractivity contribution is 0.0150. The second-order valence-corrected chi connectivity index (χ2v) is 24.8. The van der Waals surface area contributed by atoms with E-state index in [1.165, 1.54) is 76.7 Å². The van der Waals surface area contributed by atoms with E-state index >= 15 is 0 Å². The van der Waals surface area contributed by atoms with Gasteiger partial charge in [-0.05, 0) is 117 Å². The fraction of sp³-hybridized carbons (Fsp3) is 0.577. The van der Waals surface area contributed by atoms with Crippen LogP contribution in [0.2, 0.25) is 0 Å². The molecule has 6 heterocycles. The molecule has 2 fully saturated rings. The molecule has 412 valence electrons. The first-order valence-corrected chi connectivity index (χ1v) is 28.3. The number of aromatic carboxylic acids is 1. The minimum absolute atomic E-state index is 0.00289. The van der Waals surface area contributed by atoms with Gasteiger partial charge in [-0.15, -0.1) is 0 Å². The Balaban J connectivity index is 0.000000204. The number of hydrogen-bond donors (Lipinski definition) is 4. The lowest BCUT2D eigenvalue weighted by atomic mass is 9.76. The Labute approximate surface area is 440 Å². The molecule has 0 saturated carbocycles. The highest BCUT2D eigenvalue weighted by Gasteiger charge is 2.41. The Morgan fingerprint density at radius 2 is 1.07 bits per heavy atom. The molecule has 4 aromatic rings. The van der Waals surface area contributed by atoms with Crippen molar-refractivity contribution in [2.75, 3.05) is 80.9 Å². The number of nitrogens with zero attached hydrogens (tertiary/aromatic N) is 6. The van der Waals surface area contributed by atoms with E-state index in [-0.39, 0.29) is 68.6 Å². The molecule has 2 atom stereocenters. The van der Waals surface area contributed by atoms with Gasteiger partial charge in [0.05, 0.1) is 61.4 Å². The number of nitrogens with one attached hydrogen (secondary N) is 2. The summed E-state index contributed by atoms with van der Waals surface area (Å²) in [5, 5.41) is 33.7. The normalized spacial score (nSPS) is 18.0. The number of aromatic nitrogens is 4. The SMILES string of the molecule is CCc1nn(C[C@@H](C)CO)c2c1C(=O)NCC1(CCOCC1)C2.CCc1nn(C[C@@H](C)COC(=O)c2ccc(S(=O)(=O)N(C)C)cc2)c2c1C(=O)NCC1(CCOCC1)C2.CN(C)S(=O)(=O)c1ccc(C(=O)O)cc1. The number of carbonyl (C=O) groups excluding carboxylic acids is 3. The third-order valence-electron chi connectivity index (χ3n) is 14.4. The molecular weight excluding hydrogens is 1010 g/mol. The second kappa shape index (κ2) is 25.1. The van der Waals surface area contributed by atoms with Gasteiger partial charge in [-0.2, -0.15) is 10.2 Å². The summed E-state index contributed by atoms with van der Waals surface area (Å²) >= 11 is 0. The van der Waals surface area contributed by atoms with Crippen LogP contribution in [0.3, 0.4) is 0 Å². The number of hydrogen-bond acceptors (Lipinski definition) is 14. The van der Waals surface area contributed by atoms with Crippen molar-refractivity contribution in [1.82, 2.24) is 38.8 Å². The first-order valence-electron chi connectivity index (χ1n) is 25.5. The van der Waals surface area contributed by atoms with E-state index in [9.17, 15) is 41.1 Å². The van der Waals surface area contributed by atoms with Crippen molar-refractivity contribution in [3.05, 3.63) is 93.6 Å². The fourth-order valence-electron chi connectivity index (χ4n) is 9.60. The third-order valence-corrected chi connectivity index (χ3v) is 18.0. The van der Waals surface area contributed by atoms with Crippen molar-refractivity contribution < 1.29 is 60.4 Å². The molecule has 4 N–H and O–H groups in total. The number of rotatable bonds is 15. The average Bonchev–Trinajstić information content (AvgIpc) is 3.82. The van der Waals surface area contributed by atoms with Crippen LogP contribution in [0.5, 0.6) is 0 Å². The first-order chi connectivity index (χ1) is 35.5. The van der Waals surface area contributed by atoms with Gasteiger partial charge in [-0.1, -0.05) is 27.7 Å². The number of carboxylic acids is 1. The van der Waals surface area contributed by atoms with Crippen LogP contribution in [0.4, 0.5) is 0 Å². The molecule has 0 radical (unpaired) electrons. The molecule has 2 aromatic heterocycles. The monoisotopic (exact) mass is 1080 g/mol. The summed E-state index contributed by atoms with van der Waals surface area (Å²) in [7, 11) is -1.30. The quantitative estimate of drug-likeness (QED) is 0.122. The number of carboxylic acid groups (broad SMARTS) is 1. The largest absolute Gasteiger partial charge is 0.478 e. The zero-order valence-electron chi connectivity index (χ0n) is 44.4. The zero-order valence-corrected chi connectivity index (χ0v) is 46.0. The van der Waals surface area contributed by atoms with Gasteiger partial charge in [-0.25, -0.2) is 35.0 Å². The molecule has 8 rings (SSSR count). The molecule has 23 heteroatoms. The number of aliphatic hydroxyl groups excluding tert-OH is 1. The molecule has 2 saturated heterocycles. The van der Waals surface area contributed by atoms with Crippen molar-refractivity contribution in [2.24, 2.45) is 22.7 Å². The molecule has 75 heavy (non-hydrogen) atoms. The predicted molar refractivity (Wildman–Crippen MR) is 278 cm³/mol. The number of amides is 2. The van der Waals surface area contributed by atoms with E-state index in [0.717, 1.165) is 95.1 Å². The maximum atomic E-state index is 13.0. The minimum atomic E-state index is -3.57. The van der Waals surface area contributed by atoms with E-state index in [0.29, 0.717) is 51.4 Å². The summed E-state index contributed by atoms with van der Waals surface area (Å²) in [5.74, 6) is -1.59. The lowest BCUT2D eigenvalue weighted by Crippen LogP contribution is -2.41. The minimum Gasteiger partial charge on any atom is -0.478 e. The Hall–Kier alpha value is -5.56. The van der Waals surface area contributed by atoms with Crippen molar-refractivity contribution in [2.45, 2.75) is 102 Å². The first kappa shape index (κ1) is 58.7. The van der Waals surface area contributed by atoms with Gasteiger partial charge in [0, 0.05) is 93.3 Å². The van der Waals surface area contributed by atoms with Crippen molar-refractivity contribution >= 4 is 43.8 Å². The number of aliphatic hydroxyl groups is 1. The van der Waals surface area contributed by atoms with Crippen molar-refractivity contribution in [3.8, 4) is 0 Å². The summed E-state index contributed by atoms with van der Waals surface area (Å²) in [6.45, 7) is 13.7. The van der Waals surface area contributed by atoms with Crippen molar-refractivity contribution in [3.63, 3.8) is 0 Å². The molecule has 0 unspecified atom stereocenters. The Morgan fingerprint density at radius 3 is 1.43 bits per heavy atom. The maximum Gasteiger partial charge on any atom is 0.338 e. The summed E-state index contributed by atoms with van der Waals surface area (Å²) in [6, 6.07) is 10.8. The number of benzene rings is 2. The maximum absolute atomic E-state index is 13.0. The highest BCUT2D eigenvalue weighted by Crippen LogP contribution is 2.39. The van der Waals surface area contributed by atoms with Gasteiger partial charge in [0.25, 0.3) is 11.8 Å². The summed E-state index contributed by atoms with van der Waals surface area (Å²) in [5.41, 5.74) is 5.47. The molecule has 0 bridgehead atoms. The van der Waals surface area contributed by atoms with Gasteiger partial charge >= 0.3 is 11.9 Å². The third kappa shape index (κ3) is 13.9. The summed E-state index contributed by atoms with van der Waals surface area (Å²) in [4.78, 5) is 49.0. The van der Waals surface area contributed by atoms with Crippen LogP contribution in [-0.2, 0) is 73.0 Å². The van der Waals surface area contributed by atoms with Crippen molar-refractivity contribution in [1.29, 1.82) is 0 Å². The van der Waals surface area contributed by atoms with Crippen LogP contribution in [0, 0.1) is 22.7 Å². The van der Waals surface area contributed by atoms with Crippen LogP contribution < -0.4 is 10.6 Å². The number of carbonyl (C=O) groups is 4. The molecular formula is C52H74N8O13S2. The zero-order chi connectivity index (χ0) is 54.9.